The minimum atomic E-state index is -3.09. The maximum atomic E-state index is 13.7. The van der Waals surface area contributed by atoms with Gasteiger partial charge in [-0.25, -0.2) is 4.39 Å². The molecule has 1 saturated heterocycles. The lowest BCUT2D eigenvalue weighted by atomic mass is 9.85. The van der Waals surface area contributed by atoms with E-state index in [-0.39, 0.29) is 23.8 Å². The largest absolute Gasteiger partial charge is 0.434 e. The topological polar surface area (TPSA) is 84.4 Å². The lowest BCUT2D eigenvalue weighted by molar-refractivity contribution is -0.0501. The number of alkyl halides is 2. The number of hydrogen-bond acceptors (Lipinski definition) is 5. The molecule has 0 spiro atoms. The van der Waals surface area contributed by atoms with Crippen molar-refractivity contribution in [1.29, 1.82) is 0 Å². The number of carbonyl (C=O) groups is 2. The van der Waals surface area contributed by atoms with E-state index in [4.69, 9.17) is 11.6 Å². The van der Waals surface area contributed by atoms with E-state index in [1.807, 2.05) is 0 Å². The summed E-state index contributed by atoms with van der Waals surface area (Å²) in [5.74, 6) is -1.95. The van der Waals surface area contributed by atoms with Gasteiger partial charge >= 0.3 is 6.61 Å². The van der Waals surface area contributed by atoms with Gasteiger partial charge in [0.25, 0.3) is 11.8 Å². The molecular formula is C28H22ClF3N4O3. The molecule has 0 bridgehead atoms. The first-order valence-electron chi connectivity index (χ1n) is 12.1. The van der Waals surface area contributed by atoms with E-state index < -0.39 is 30.3 Å². The number of para-hydroxylation sites is 1. The third-order valence-corrected chi connectivity index (χ3v) is 6.92. The van der Waals surface area contributed by atoms with Gasteiger partial charge in [-0.2, -0.15) is 8.78 Å². The number of likely N-dealkylation sites (tertiary alicyclic amines) is 1. The summed E-state index contributed by atoms with van der Waals surface area (Å²) in [5.41, 5.74) is 1.97. The molecule has 1 aliphatic rings. The van der Waals surface area contributed by atoms with Crippen molar-refractivity contribution in [3.63, 3.8) is 0 Å². The molecule has 0 aliphatic carbocycles. The average molecular weight is 555 g/mol. The summed E-state index contributed by atoms with van der Waals surface area (Å²) in [5, 5.41) is 3.21. The van der Waals surface area contributed by atoms with Gasteiger partial charge in [-0.1, -0.05) is 35.9 Å². The number of benzene rings is 3. The highest BCUT2D eigenvalue weighted by Crippen LogP contribution is 2.31. The second-order valence-electron chi connectivity index (χ2n) is 9.03. The zero-order chi connectivity index (χ0) is 27.5. The zero-order valence-corrected chi connectivity index (χ0v) is 21.1. The number of piperidine rings is 1. The normalized spacial score (nSPS) is 17.3. The van der Waals surface area contributed by atoms with Crippen LogP contribution in [-0.2, 0) is 0 Å². The molecule has 5 rings (SSSR count). The van der Waals surface area contributed by atoms with Gasteiger partial charge in [0.05, 0.1) is 16.1 Å². The van der Waals surface area contributed by atoms with E-state index in [0.29, 0.717) is 40.1 Å². The summed E-state index contributed by atoms with van der Waals surface area (Å²) in [6.45, 7) is -2.58. The predicted octanol–water partition coefficient (Wildman–Crippen LogP) is 5.45. The molecule has 11 heteroatoms. The Morgan fingerprint density at radius 3 is 2.56 bits per heavy atom. The molecule has 3 aromatic carbocycles. The van der Waals surface area contributed by atoms with Crippen LogP contribution >= 0.6 is 11.6 Å². The molecule has 1 N–H and O–H groups in total. The average Bonchev–Trinajstić information content (AvgIpc) is 2.93. The Balaban J connectivity index is 1.41. The van der Waals surface area contributed by atoms with Crippen LogP contribution < -0.4 is 10.1 Å². The van der Waals surface area contributed by atoms with Gasteiger partial charge in [-0.15, -0.1) is 0 Å². The van der Waals surface area contributed by atoms with Crippen LogP contribution in [0.25, 0.3) is 11.0 Å². The van der Waals surface area contributed by atoms with Crippen molar-refractivity contribution >= 4 is 34.4 Å². The molecular weight excluding hydrogens is 533 g/mol. The first-order chi connectivity index (χ1) is 18.8. The van der Waals surface area contributed by atoms with Gasteiger partial charge in [-0.3, -0.25) is 19.6 Å². The molecule has 4 aromatic rings. The Hall–Kier alpha value is -4.18. The summed E-state index contributed by atoms with van der Waals surface area (Å²) in [6.07, 6.45) is 3.38. The highest BCUT2D eigenvalue weighted by molar-refractivity contribution is 6.35. The maximum absolute atomic E-state index is 13.7. The number of nitrogens with one attached hydrogen (secondary N) is 1. The van der Waals surface area contributed by atoms with Crippen molar-refractivity contribution in [2.75, 3.05) is 13.1 Å². The Morgan fingerprint density at radius 2 is 1.79 bits per heavy atom. The third-order valence-electron chi connectivity index (χ3n) is 6.64. The molecule has 1 aromatic heterocycles. The van der Waals surface area contributed by atoms with Crippen molar-refractivity contribution in [3.8, 4) is 5.75 Å². The van der Waals surface area contributed by atoms with E-state index >= 15 is 0 Å². The van der Waals surface area contributed by atoms with Crippen molar-refractivity contribution in [1.82, 2.24) is 20.2 Å². The molecule has 0 radical (unpaired) electrons. The minimum absolute atomic E-state index is 0.0407. The Kier molecular flexibility index (Phi) is 7.65. The number of ether oxygens (including phenoxy) is 1. The number of amides is 2. The van der Waals surface area contributed by atoms with E-state index in [2.05, 4.69) is 20.0 Å². The SMILES string of the molecule is O=C(N[C@H]1CCN(C(=O)c2cc(Cl)c3nccnc3c2)C[C@@H]1c1ccc(F)cc1)c1ccccc1OC(F)F. The predicted molar refractivity (Wildman–Crippen MR) is 139 cm³/mol. The van der Waals surface area contributed by atoms with E-state index in [9.17, 15) is 22.8 Å². The van der Waals surface area contributed by atoms with Crippen LogP contribution in [0.1, 0.15) is 38.6 Å². The number of fused-ring (bicyclic) bond motifs is 1. The van der Waals surface area contributed by atoms with E-state index in [0.717, 1.165) is 0 Å². The van der Waals surface area contributed by atoms with E-state index in [1.54, 1.807) is 35.2 Å². The first-order valence-corrected chi connectivity index (χ1v) is 12.5. The zero-order valence-electron chi connectivity index (χ0n) is 20.4. The summed E-state index contributed by atoms with van der Waals surface area (Å²) < 4.78 is 43.9. The van der Waals surface area contributed by atoms with Crippen LogP contribution in [0.3, 0.4) is 0 Å². The van der Waals surface area contributed by atoms with Gasteiger partial charge in [0.1, 0.15) is 17.1 Å². The fourth-order valence-corrected chi connectivity index (χ4v) is 5.06. The van der Waals surface area contributed by atoms with Crippen LogP contribution in [0.4, 0.5) is 13.2 Å². The Labute approximate surface area is 226 Å². The molecule has 1 aliphatic heterocycles. The molecule has 39 heavy (non-hydrogen) atoms. The fourth-order valence-electron chi connectivity index (χ4n) is 4.79. The van der Waals surface area contributed by atoms with Crippen LogP contribution in [0.2, 0.25) is 5.02 Å². The standard InChI is InChI=1S/C28H22ClF3N4O3/c29-21-13-17(14-23-25(21)34-11-10-33-23)27(38)36-12-9-22(20(15-36)16-5-7-18(30)8-6-16)35-26(37)19-3-1-2-4-24(19)39-28(31)32/h1-8,10-11,13-14,20,22,28H,9,12,15H2,(H,35,37)/t20-,22+/m1/s1. The highest BCUT2D eigenvalue weighted by atomic mass is 35.5. The van der Waals surface area contributed by atoms with Crippen LogP contribution in [0.5, 0.6) is 5.75 Å². The lowest BCUT2D eigenvalue weighted by Crippen LogP contribution is -2.51. The smallest absolute Gasteiger partial charge is 0.387 e. The molecule has 1 fully saturated rings. The molecule has 0 saturated carbocycles. The van der Waals surface area contributed by atoms with Gasteiger partial charge in [-0.05, 0) is 48.4 Å². The molecule has 2 heterocycles. The van der Waals surface area contributed by atoms with Crippen molar-refractivity contribution in [2.24, 2.45) is 0 Å². The summed E-state index contributed by atoms with van der Waals surface area (Å²) >= 11 is 6.35. The number of rotatable bonds is 6. The van der Waals surface area contributed by atoms with Crippen molar-refractivity contribution < 1.29 is 27.5 Å². The quantitative estimate of drug-likeness (QED) is 0.342. The van der Waals surface area contributed by atoms with Gasteiger partial charge in [0.2, 0.25) is 0 Å². The Morgan fingerprint density at radius 1 is 1.05 bits per heavy atom. The van der Waals surface area contributed by atoms with Crippen LogP contribution in [0.15, 0.2) is 73.1 Å². The third kappa shape index (κ3) is 5.80. The number of hydrogen-bond donors (Lipinski definition) is 1. The van der Waals surface area contributed by atoms with Gasteiger partial charge in [0.15, 0.2) is 0 Å². The Bertz CT molecular complexity index is 1520. The molecule has 2 atom stereocenters. The molecule has 0 unspecified atom stereocenters. The number of carbonyl (C=O) groups excluding carboxylic acids is 2. The van der Waals surface area contributed by atoms with Crippen LogP contribution in [0, 0.1) is 5.82 Å². The highest BCUT2D eigenvalue weighted by Gasteiger charge is 2.34. The fraction of sp³-hybridized carbons (Fsp3) is 0.214. The van der Waals surface area contributed by atoms with Gasteiger partial charge in [0, 0.05) is 43.0 Å². The number of halogens is 4. The van der Waals surface area contributed by atoms with Crippen LogP contribution in [-0.4, -0.2) is 52.4 Å². The first kappa shape index (κ1) is 26.4. The summed E-state index contributed by atoms with van der Waals surface area (Å²) in [7, 11) is 0. The summed E-state index contributed by atoms with van der Waals surface area (Å²) in [6, 6.07) is 14.2. The maximum Gasteiger partial charge on any atom is 0.387 e. The second-order valence-corrected chi connectivity index (χ2v) is 9.44. The van der Waals surface area contributed by atoms with Gasteiger partial charge < -0.3 is 15.0 Å². The molecule has 200 valence electrons. The molecule has 7 nitrogen and oxygen atoms in total. The lowest BCUT2D eigenvalue weighted by Gasteiger charge is -2.39. The summed E-state index contributed by atoms with van der Waals surface area (Å²) in [4.78, 5) is 36.7. The van der Waals surface area contributed by atoms with Crippen molar-refractivity contribution in [2.45, 2.75) is 25.0 Å². The number of aromatic nitrogens is 2. The monoisotopic (exact) mass is 554 g/mol. The molecule has 2 amide bonds. The van der Waals surface area contributed by atoms with Crippen molar-refractivity contribution in [3.05, 3.63) is 101 Å². The van der Waals surface area contributed by atoms with E-state index in [1.165, 1.54) is 42.7 Å². The minimum Gasteiger partial charge on any atom is -0.434 e. The number of nitrogens with zero attached hydrogens (tertiary/aromatic N) is 3. The second kappa shape index (κ2) is 11.3.